The highest BCUT2D eigenvalue weighted by atomic mass is 16.4. The first-order chi connectivity index (χ1) is 12.1. The molecule has 1 aliphatic rings. The molecule has 0 radical (unpaired) electrons. The molecule has 0 atom stereocenters. The summed E-state index contributed by atoms with van der Waals surface area (Å²) < 4.78 is 5.79. The Kier molecular flexibility index (Phi) is 3.47. The van der Waals surface area contributed by atoms with Gasteiger partial charge < -0.3 is 14.8 Å². The van der Waals surface area contributed by atoms with Crippen LogP contribution >= 0.6 is 0 Å². The number of hydrogen-bond donors (Lipinski definition) is 2. The standard InChI is InChI=1S/C20H13NO4/c22-19-16(15-3-1-2-4-17(15)21-19)11-14-9-10-18(25-14)12-5-7-13(8-6-12)20(23)24/h1-11H,(H,21,22)(H,23,24)/b16-11-. The molecule has 1 aromatic heterocycles. The van der Waals surface area contributed by atoms with Gasteiger partial charge in [0.2, 0.25) is 0 Å². The van der Waals surface area contributed by atoms with Crippen LogP contribution in [0.3, 0.4) is 0 Å². The molecule has 122 valence electrons. The SMILES string of the molecule is O=C1Nc2ccccc2/C1=C/c1ccc(-c2ccc(C(=O)O)cc2)o1. The fourth-order valence-electron chi connectivity index (χ4n) is 2.79. The summed E-state index contributed by atoms with van der Waals surface area (Å²) in [6.45, 7) is 0. The van der Waals surface area contributed by atoms with Gasteiger partial charge >= 0.3 is 5.97 Å². The lowest BCUT2D eigenvalue weighted by atomic mass is 10.1. The quantitative estimate of drug-likeness (QED) is 0.707. The summed E-state index contributed by atoms with van der Waals surface area (Å²) in [5.74, 6) is 0.0296. The van der Waals surface area contributed by atoms with E-state index in [0.717, 1.165) is 16.8 Å². The minimum absolute atomic E-state index is 0.162. The van der Waals surface area contributed by atoms with Gasteiger partial charge in [-0.05, 0) is 36.4 Å². The molecule has 0 saturated heterocycles. The Balaban J connectivity index is 1.66. The molecule has 0 fully saturated rings. The highest BCUT2D eigenvalue weighted by Gasteiger charge is 2.23. The summed E-state index contributed by atoms with van der Waals surface area (Å²) >= 11 is 0. The third kappa shape index (κ3) is 2.72. The van der Waals surface area contributed by atoms with Gasteiger partial charge in [0.1, 0.15) is 11.5 Å². The number of carbonyl (C=O) groups is 2. The molecule has 5 nitrogen and oxygen atoms in total. The molecule has 1 amide bonds. The summed E-state index contributed by atoms with van der Waals surface area (Å²) in [7, 11) is 0. The average molecular weight is 331 g/mol. The van der Waals surface area contributed by atoms with E-state index < -0.39 is 5.97 Å². The molecule has 2 N–H and O–H groups in total. The monoisotopic (exact) mass is 331 g/mol. The van der Waals surface area contributed by atoms with Crippen molar-refractivity contribution in [1.82, 2.24) is 0 Å². The number of para-hydroxylation sites is 1. The minimum Gasteiger partial charge on any atom is -0.478 e. The Labute approximate surface area is 143 Å². The van der Waals surface area contributed by atoms with Crippen LogP contribution in [0.4, 0.5) is 5.69 Å². The molecule has 4 rings (SSSR count). The second-order valence-corrected chi connectivity index (χ2v) is 5.64. The minimum atomic E-state index is -0.970. The lowest BCUT2D eigenvalue weighted by Crippen LogP contribution is -2.03. The number of anilines is 1. The summed E-state index contributed by atoms with van der Waals surface area (Å²) in [6, 6.07) is 17.5. The molecular formula is C20H13NO4. The maximum Gasteiger partial charge on any atom is 0.335 e. The molecule has 2 aromatic carbocycles. The Morgan fingerprint density at radius 2 is 1.76 bits per heavy atom. The van der Waals surface area contributed by atoms with E-state index >= 15 is 0 Å². The summed E-state index contributed by atoms with van der Waals surface area (Å²) in [4.78, 5) is 23.0. The summed E-state index contributed by atoms with van der Waals surface area (Å²) in [6.07, 6.45) is 1.70. The van der Waals surface area contributed by atoms with Crippen LogP contribution in [0.2, 0.25) is 0 Å². The fourth-order valence-corrected chi connectivity index (χ4v) is 2.79. The van der Waals surface area contributed by atoms with Gasteiger partial charge in [0.05, 0.1) is 11.1 Å². The van der Waals surface area contributed by atoms with E-state index in [-0.39, 0.29) is 11.5 Å². The lowest BCUT2D eigenvalue weighted by Gasteiger charge is -1.99. The van der Waals surface area contributed by atoms with Gasteiger partial charge in [-0.1, -0.05) is 30.3 Å². The van der Waals surface area contributed by atoms with E-state index in [1.807, 2.05) is 24.3 Å². The van der Waals surface area contributed by atoms with Crippen molar-refractivity contribution in [3.8, 4) is 11.3 Å². The highest BCUT2D eigenvalue weighted by Crippen LogP contribution is 2.33. The van der Waals surface area contributed by atoms with Gasteiger partial charge in [-0.3, -0.25) is 4.79 Å². The van der Waals surface area contributed by atoms with E-state index in [4.69, 9.17) is 9.52 Å². The molecule has 25 heavy (non-hydrogen) atoms. The zero-order valence-corrected chi connectivity index (χ0v) is 13.0. The number of amides is 1. The van der Waals surface area contributed by atoms with Crippen molar-refractivity contribution in [2.45, 2.75) is 0 Å². The number of nitrogens with one attached hydrogen (secondary N) is 1. The molecule has 0 aliphatic carbocycles. The van der Waals surface area contributed by atoms with Gasteiger partial charge in [-0.25, -0.2) is 4.79 Å². The van der Waals surface area contributed by atoms with Gasteiger partial charge in [0.25, 0.3) is 5.91 Å². The van der Waals surface area contributed by atoms with Crippen LogP contribution in [0.5, 0.6) is 0 Å². The van der Waals surface area contributed by atoms with Gasteiger partial charge in [-0.2, -0.15) is 0 Å². The van der Waals surface area contributed by atoms with E-state index in [1.165, 1.54) is 12.1 Å². The third-order valence-corrected chi connectivity index (χ3v) is 4.04. The Morgan fingerprint density at radius 1 is 1.00 bits per heavy atom. The smallest absolute Gasteiger partial charge is 0.335 e. The van der Waals surface area contributed by atoms with Crippen molar-refractivity contribution in [1.29, 1.82) is 0 Å². The Morgan fingerprint density at radius 3 is 2.52 bits per heavy atom. The topological polar surface area (TPSA) is 79.5 Å². The van der Waals surface area contributed by atoms with Crippen molar-refractivity contribution in [3.05, 3.63) is 77.6 Å². The fraction of sp³-hybridized carbons (Fsp3) is 0. The van der Waals surface area contributed by atoms with Crippen LogP contribution in [0.25, 0.3) is 23.0 Å². The van der Waals surface area contributed by atoms with Gasteiger partial charge in [0.15, 0.2) is 0 Å². The Bertz CT molecular complexity index is 1010. The number of carbonyl (C=O) groups excluding carboxylic acids is 1. The lowest BCUT2D eigenvalue weighted by molar-refractivity contribution is -0.110. The molecule has 3 aromatic rings. The predicted octanol–water partition coefficient (Wildman–Crippen LogP) is 4.14. The van der Waals surface area contributed by atoms with Crippen LogP contribution in [0.15, 0.2) is 65.1 Å². The predicted molar refractivity (Wildman–Crippen MR) is 94.0 cm³/mol. The van der Waals surface area contributed by atoms with Crippen molar-refractivity contribution in [3.63, 3.8) is 0 Å². The number of fused-ring (bicyclic) bond motifs is 1. The molecule has 0 bridgehead atoms. The summed E-state index contributed by atoms with van der Waals surface area (Å²) in [5, 5.41) is 11.8. The van der Waals surface area contributed by atoms with Crippen molar-refractivity contribution in [2.24, 2.45) is 0 Å². The third-order valence-electron chi connectivity index (χ3n) is 4.04. The average Bonchev–Trinajstić information content (AvgIpc) is 3.20. The number of furan rings is 1. The molecule has 2 heterocycles. The first kappa shape index (κ1) is 15.0. The van der Waals surface area contributed by atoms with Crippen LogP contribution < -0.4 is 5.32 Å². The van der Waals surface area contributed by atoms with E-state index in [1.54, 1.807) is 30.3 Å². The maximum atomic E-state index is 12.1. The van der Waals surface area contributed by atoms with Crippen molar-refractivity contribution < 1.29 is 19.1 Å². The first-order valence-corrected chi connectivity index (χ1v) is 7.68. The summed E-state index contributed by atoms with van der Waals surface area (Å²) in [5.41, 5.74) is 3.17. The van der Waals surface area contributed by atoms with Crippen LogP contribution in [0, 0.1) is 0 Å². The zero-order chi connectivity index (χ0) is 17.4. The van der Waals surface area contributed by atoms with Crippen molar-refractivity contribution >= 4 is 29.2 Å². The maximum absolute atomic E-state index is 12.1. The normalized spacial score (nSPS) is 14.4. The number of hydrogen-bond acceptors (Lipinski definition) is 3. The first-order valence-electron chi connectivity index (χ1n) is 7.68. The van der Waals surface area contributed by atoms with Gasteiger partial charge in [0, 0.05) is 16.8 Å². The number of aromatic carboxylic acids is 1. The number of rotatable bonds is 3. The van der Waals surface area contributed by atoms with Crippen LogP contribution in [-0.2, 0) is 4.79 Å². The van der Waals surface area contributed by atoms with Crippen LogP contribution in [0.1, 0.15) is 21.7 Å². The molecule has 5 heteroatoms. The molecule has 0 spiro atoms. The van der Waals surface area contributed by atoms with E-state index in [9.17, 15) is 9.59 Å². The van der Waals surface area contributed by atoms with Gasteiger partial charge in [-0.15, -0.1) is 0 Å². The number of carboxylic acid groups (broad SMARTS) is 1. The number of benzene rings is 2. The van der Waals surface area contributed by atoms with Crippen molar-refractivity contribution in [2.75, 3.05) is 5.32 Å². The number of carboxylic acids is 1. The van der Waals surface area contributed by atoms with E-state index in [0.29, 0.717) is 17.1 Å². The van der Waals surface area contributed by atoms with E-state index in [2.05, 4.69) is 5.32 Å². The molecule has 0 unspecified atom stereocenters. The molecule has 0 saturated carbocycles. The zero-order valence-electron chi connectivity index (χ0n) is 13.0. The highest BCUT2D eigenvalue weighted by molar-refractivity contribution is 6.34. The second-order valence-electron chi connectivity index (χ2n) is 5.64. The molecule has 1 aliphatic heterocycles. The molecular weight excluding hydrogens is 318 g/mol. The Hall–Kier alpha value is -3.60. The largest absolute Gasteiger partial charge is 0.478 e. The second kappa shape index (κ2) is 5.79. The van der Waals surface area contributed by atoms with Crippen LogP contribution in [-0.4, -0.2) is 17.0 Å².